The Morgan fingerprint density at radius 1 is 1.04 bits per heavy atom. The molecule has 3 aromatic rings. The number of halogens is 1. The normalized spacial score (nSPS) is 10.3. The molecule has 0 fully saturated rings. The number of benzene rings is 1. The fourth-order valence-corrected chi connectivity index (χ4v) is 1.95. The molecule has 3 rings (SSSR count). The molecule has 0 unspecified atom stereocenters. The first-order valence-corrected chi connectivity index (χ1v) is 6.84. The molecule has 0 aliphatic rings. The Balaban J connectivity index is 1.59. The van der Waals surface area contributed by atoms with E-state index in [1.54, 1.807) is 10.9 Å². The van der Waals surface area contributed by atoms with E-state index in [-0.39, 0.29) is 11.6 Å². The lowest BCUT2D eigenvalue weighted by Gasteiger charge is -2.04. The summed E-state index contributed by atoms with van der Waals surface area (Å²) in [4.78, 5) is 15.3. The summed E-state index contributed by atoms with van der Waals surface area (Å²) in [6.07, 6.45) is 1.60. The number of hydrogen-bond acceptors (Lipinski definition) is 4. The minimum Gasteiger partial charge on any atom is -0.292 e. The zero-order chi connectivity index (χ0) is 16.1. The van der Waals surface area contributed by atoms with Crippen molar-refractivity contribution in [3.05, 3.63) is 66.2 Å². The lowest BCUT2D eigenvalue weighted by molar-refractivity contribution is 0.262. The molecule has 0 spiro atoms. The van der Waals surface area contributed by atoms with Gasteiger partial charge in [-0.15, -0.1) is 5.10 Å². The van der Waals surface area contributed by atoms with Crippen molar-refractivity contribution < 1.29 is 9.18 Å². The number of carbonyl (C=O) groups excluding carboxylic acids is 1. The lowest BCUT2D eigenvalue weighted by atomic mass is 10.2. The molecule has 2 aromatic heterocycles. The number of urea groups is 1. The van der Waals surface area contributed by atoms with Crippen LogP contribution in [0.4, 0.5) is 20.8 Å². The molecular formula is C15H13FN6O. The molecule has 2 heterocycles. The van der Waals surface area contributed by atoms with Crippen LogP contribution in [0.3, 0.4) is 0 Å². The fourth-order valence-electron chi connectivity index (χ4n) is 1.95. The zero-order valence-electron chi connectivity index (χ0n) is 12.0. The van der Waals surface area contributed by atoms with Gasteiger partial charge in [0.2, 0.25) is 5.95 Å². The van der Waals surface area contributed by atoms with Crippen LogP contribution in [0.5, 0.6) is 0 Å². The largest absolute Gasteiger partial charge is 0.326 e. The van der Waals surface area contributed by atoms with E-state index in [1.165, 1.54) is 18.2 Å². The SMILES string of the molecule is O=C(Nc1cn(Cc2ccccc2)nn1)Nc1cccc(F)n1. The summed E-state index contributed by atoms with van der Waals surface area (Å²) in [5, 5.41) is 12.7. The van der Waals surface area contributed by atoms with E-state index in [4.69, 9.17) is 0 Å². The summed E-state index contributed by atoms with van der Waals surface area (Å²) in [6.45, 7) is 0.544. The van der Waals surface area contributed by atoms with Crippen molar-refractivity contribution >= 4 is 17.7 Å². The second kappa shape index (κ2) is 6.65. The van der Waals surface area contributed by atoms with Crippen LogP contribution in [0.15, 0.2) is 54.7 Å². The maximum Gasteiger partial charge on any atom is 0.326 e. The minimum atomic E-state index is -0.670. The number of nitrogens with one attached hydrogen (secondary N) is 2. The van der Waals surface area contributed by atoms with Gasteiger partial charge in [-0.2, -0.15) is 4.39 Å². The van der Waals surface area contributed by atoms with Crippen molar-refractivity contribution in [2.45, 2.75) is 6.54 Å². The smallest absolute Gasteiger partial charge is 0.292 e. The van der Waals surface area contributed by atoms with Crippen LogP contribution in [-0.2, 0) is 6.54 Å². The third-order valence-electron chi connectivity index (χ3n) is 2.92. The van der Waals surface area contributed by atoms with E-state index in [9.17, 15) is 9.18 Å². The summed E-state index contributed by atoms with van der Waals surface area (Å²) in [6, 6.07) is 13.3. The van der Waals surface area contributed by atoms with Gasteiger partial charge in [-0.1, -0.05) is 41.6 Å². The van der Waals surface area contributed by atoms with Gasteiger partial charge in [0.25, 0.3) is 0 Å². The summed E-state index contributed by atoms with van der Waals surface area (Å²) in [5.41, 5.74) is 1.07. The first-order valence-electron chi connectivity index (χ1n) is 6.84. The van der Waals surface area contributed by atoms with Crippen LogP contribution < -0.4 is 10.6 Å². The summed E-state index contributed by atoms with van der Waals surface area (Å²) in [5.74, 6) is -0.273. The van der Waals surface area contributed by atoms with E-state index in [1.807, 2.05) is 30.3 Å². The Morgan fingerprint density at radius 2 is 1.83 bits per heavy atom. The maximum atomic E-state index is 12.9. The van der Waals surface area contributed by atoms with Crippen molar-refractivity contribution in [3.8, 4) is 0 Å². The average Bonchev–Trinajstić information content (AvgIpc) is 2.95. The van der Waals surface area contributed by atoms with Gasteiger partial charge < -0.3 is 0 Å². The molecule has 1 aromatic carbocycles. The second-order valence-electron chi connectivity index (χ2n) is 4.71. The highest BCUT2D eigenvalue weighted by Crippen LogP contribution is 2.07. The minimum absolute atomic E-state index is 0.110. The molecule has 0 atom stereocenters. The monoisotopic (exact) mass is 312 g/mol. The third-order valence-corrected chi connectivity index (χ3v) is 2.92. The van der Waals surface area contributed by atoms with Crippen LogP contribution in [0.25, 0.3) is 0 Å². The Kier molecular flexibility index (Phi) is 4.23. The molecule has 2 N–H and O–H groups in total. The van der Waals surface area contributed by atoms with Crippen molar-refractivity contribution in [1.29, 1.82) is 0 Å². The van der Waals surface area contributed by atoms with Gasteiger partial charge in [0.05, 0.1) is 12.7 Å². The highest BCUT2D eigenvalue weighted by Gasteiger charge is 2.07. The molecular weight excluding hydrogens is 299 g/mol. The van der Waals surface area contributed by atoms with E-state index in [2.05, 4.69) is 25.9 Å². The molecule has 0 bridgehead atoms. The Morgan fingerprint density at radius 3 is 2.61 bits per heavy atom. The van der Waals surface area contributed by atoms with E-state index in [0.29, 0.717) is 6.54 Å². The summed E-state index contributed by atoms with van der Waals surface area (Å²) in [7, 11) is 0. The zero-order valence-corrected chi connectivity index (χ0v) is 12.0. The van der Waals surface area contributed by atoms with Gasteiger partial charge in [0.15, 0.2) is 5.82 Å². The number of anilines is 2. The number of nitrogens with zero attached hydrogens (tertiary/aromatic N) is 4. The molecule has 116 valence electrons. The van der Waals surface area contributed by atoms with Crippen molar-refractivity contribution in [2.24, 2.45) is 0 Å². The molecule has 23 heavy (non-hydrogen) atoms. The lowest BCUT2D eigenvalue weighted by Crippen LogP contribution is -2.20. The fraction of sp³-hybridized carbons (Fsp3) is 0.0667. The molecule has 0 saturated heterocycles. The molecule has 2 amide bonds. The van der Waals surface area contributed by atoms with Crippen molar-refractivity contribution in [1.82, 2.24) is 20.0 Å². The Hall–Kier alpha value is -3.29. The molecule has 0 aliphatic heterocycles. The predicted octanol–water partition coefficient (Wildman–Crippen LogP) is 2.50. The molecule has 0 saturated carbocycles. The van der Waals surface area contributed by atoms with Crippen molar-refractivity contribution in [3.63, 3.8) is 0 Å². The number of carbonyl (C=O) groups is 1. The standard InChI is InChI=1S/C15H13FN6O/c16-12-7-4-8-13(17-12)18-15(23)19-14-10-22(21-20-14)9-11-5-2-1-3-6-11/h1-8,10H,9H2,(H2,17,18,19,23). The van der Waals surface area contributed by atoms with Crippen molar-refractivity contribution in [2.75, 3.05) is 10.6 Å². The van der Waals surface area contributed by atoms with Crippen LogP contribution >= 0.6 is 0 Å². The highest BCUT2D eigenvalue weighted by atomic mass is 19.1. The van der Waals surface area contributed by atoms with Crippen LogP contribution in [0.1, 0.15) is 5.56 Å². The number of amides is 2. The van der Waals surface area contributed by atoms with Gasteiger partial charge in [-0.25, -0.2) is 14.5 Å². The Bertz CT molecular complexity index is 804. The van der Waals surface area contributed by atoms with Gasteiger partial charge >= 0.3 is 6.03 Å². The molecule has 0 radical (unpaired) electrons. The first kappa shape index (κ1) is 14.6. The van der Waals surface area contributed by atoms with E-state index >= 15 is 0 Å². The van der Waals surface area contributed by atoms with E-state index < -0.39 is 12.0 Å². The predicted molar refractivity (Wildman–Crippen MR) is 82.4 cm³/mol. The number of aromatic nitrogens is 4. The summed E-state index contributed by atoms with van der Waals surface area (Å²) < 4.78 is 14.5. The highest BCUT2D eigenvalue weighted by molar-refractivity contribution is 5.98. The van der Waals surface area contributed by atoms with E-state index in [0.717, 1.165) is 5.56 Å². The number of pyridine rings is 1. The number of rotatable bonds is 4. The first-order chi connectivity index (χ1) is 11.2. The molecule has 8 heteroatoms. The molecule has 0 aliphatic carbocycles. The van der Waals surface area contributed by atoms with Crippen LogP contribution in [0, 0.1) is 5.95 Å². The average molecular weight is 312 g/mol. The van der Waals surface area contributed by atoms with Gasteiger partial charge in [-0.05, 0) is 17.7 Å². The van der Waals surface area contributed by atoms with Gasteiger partial charge in [0, 0.05) is 0 Å². The second-order valence-corrected chi connectivity index (χ2v) is 4.71. The topological polar surface area (TPSA) is 84.7 Å². The molecule has 7 nitrogen and oxygen atoms in total. The van der Waals surface area contributed by atoms with Crippen LogP contribution in [-0.4, -0.2) is 26.0 Å². The maximum absolute atomic E-state index is 12.9. The third kappa shape index (κ3) is 4.10. The Labute approximate surface area is 131 Å². The van der Waals surface area contributed by atoms with Crippen LogP contribution in [0.2, 0.25) is 0 Å². The summed E-state index contributed by atoms with van der Waals surface area (Å²) >= 11 is 0. The number of hydrogen-bond donors (Lipinski definition) is 2. The van der Waals surface area contributed by atoms with Gasteiger partial charge in [0.1, 0.15) is 5.82 Å². The van der Waals surface area contributed by atoms with Gasteiger partial charge in [-0.3, -0.25) is 10.6 Å². The quantitative estimate of drug-likeness (QED) is 0.725.